The molecule has 0 aliphatic carbocycles. The summed E-state index contributed by atoms with van der Waals surface area (Å²) >= 11 is 6.84. The molecule has 2 aliphatic rings. The maximum Gasteiger partial charge on any atom is 0.230 e. The summed E-state index contributed by atoms with van der Waals surface area (Å²) in [6.45, 7) is 0. The molecule has 1 atom stereocenters. The number of amides is 1. The highest BCUT2D eigenvalue weighted by atomic mass is 79.9. The quantitative estimate of drug-likeness (QED) is 0.619. The third kappa shape index (κ3) is 2.77. The van der Waals surface area contributed by atoms with E-state index in [1.807, 2.05) is 24.3 Å². The fraction of sp³-hybridized carbons (Fsp3) is 0.231. The zero-order valence-corrected chi connectivity index (χ0v) is 14.0. The van der Waals surface area contributed by atoms with E-state index in [1.165, 1.54) is 0 Å². The van der Waals surface area contributed by atoms with Crippen LogP contribution in [0.3, 0.4) is 0 Å². The van der Waals surface area contributed by atoms with Gasteiger partial charge in [-0.05, 0) is 30.7 Å². The lowest BCUT2D eigenvalue weighted by Gasteiger charge is -2.34. The van der Waals surface area contributed by atoms with Gasteiger partial charge in [-0.15, -0.1) is 0 Å². The maximum atomic E-state index is 11.5. The van der Waals surface area contributed by atoms with Crippen molar-refractivity contribution in [3.05, 3.63) is 28.7 Å². The maximum absolute atomic E-state index is 11.5. The first-order valence-electron chi connectivity index (χ1n) is 6.25. The summed E-state index contributed by atoms with van der Waals surface area (Å²) in [6, 6.07) is 7.51. The number of halogens is 2. The second kappa shape index (κ2) is 5.34. The summed E-state index contributed by atoms with van der Waals surface area (Å²) < 4.78 is 0.183. The molecule has 21 heavy (non-hydrogen) atoms. The van der Waals surface area contributed by atoms with Gasteiger partial charge < -0.3 is 10.6 Å². The summed E-state index contributed by atoms with van der Waals surface area (Å²) in [5.41, 5.74) is 0.804. The first kappa shape index (κ1) is 14.4. The van der Waals surface area contributed by atoms with Crippen LogP contribution in [0.2, 0.25) is 0 Å². The van der Waals surface area contributed by atoms with Crippen LogP contribution in [0, 0.1) is 5.41 Å². The second-order valence-electron chi connectivity index (χ2n) is 4.73. The van der Waals surface area contributed by atoms with Crippen LogP contribution in [0.15, 0.2) is 38.7 Å². The molecular formula is C13H11Br2N5O. The van der Waals surface area contributed by atoms with Crippen LogP contribution in [0.25, 0.3) is 0 Å². The van der Waals surface area contributed by atoms with Crippen molar-refractivity contribution in [3.63, 3.8) is 0 Å². The van der Waals surface area contributed by atoms with Gasteiger partial charge in [-0.3, -0.25) is 10.2 Å². The minimum absolute atomic E-state index is 0.0958. The van der Waals surface area contributed by atoms with E-state index in [0.29, 0.717) is 18.7 Å². The zero-order chi connectivity index (χ0) is 15.0. The van der Waals surface area contributed by atoms with Crippen LogP contribution in [-0.2, 0) is 4.79 Å². The van der Waals surface area contributed by atoms with Gasteiger partial charge in [0.15, 0.2) is 0 Å². The lowest BCUT2D eigenvalue weighted by Crippen LogP contribution is -2.56. The van der Waals surface area contributed by atoms with Crippen molar-refractivity contribution >= 4 is 61.1 Å². The lowest BCUT2D eigenvalue weighted by atomic mass is 9.95. The Balaban J connectivity index is 1.87. The van der Waals surface area contributed by atoms with Crippen LogP contribution >= 0.6 is 31.9 Å². The highest BCUT2D eigenvalue weighted by Crippen LogP contribution is 2.32. The average molecular weight is 413 g/mol. The largest absolute Gasteiger partial charge is 0.324 e. The zero-order valence-electron chi connectivity index (χ0n) is 10.8. The number of hydrogen-bond acceptors (Lipinski definition) is 4. The Morgan fingerprint density at radius 3 is 2.71 bits per heavy atom. The van der Waals surface area contributed by atoms with Crippen LogP contribution in [0.4, 0.5) is 5.69 Å². The number of anilines is 1. The Morgan fingerprint density at radius 2 is 2.00 bits per heavy atom. The number of hydrogen-bond donors (Lipinski definition) is 3. The summed E-state index contributed by atoms with van der Waals surface area (Å²) in [5.74, 6) is 0.738. The van der Waals surface area contributed by atoms with Gasteiger partial charge in [0.2, 0.25) is 11.9 Å². The van der Waals surface area contributed by atoms with Gasteiger partial charge in [0.25, 0.3) is 0 Å². The molecule has 0 radical (unpaired) electrons. The van der Waals surface area contributed by atoms with E-state index in [0.717, 1.165) is 10.2 Å². The Bertz CT molecular complexity index is 682. The standard InChI is InChI=1S/C13H11Br2N5O/c14-7-1-3-8(4-2-7)17-12-19-10(16)13(15)6-5-9(21)18-11(13)20-12/h1-4H,5-6H2,(H3,16,17,18,19,20,21). The van der Waals surface area contributed by atoms with Gasteiger partial charge in [-0.1, -0.05) is 31.9 Å². The predicted molar refractivity (Wildman–Crippen MR) is 89.4 cm³/mol. The van der Waals surface area contributed by atoms with Gasteiger partial charge in [-0.2, -0.15) is 9.98 Å². The lowest BCUT2D eigenvalue weighted by molar-refractivity contribution is -0.120. The summed E-state index contributed by atoms with van der Waals surface area (Å²) in [5, 5.41) is 13.8. The predicted octanol–water partition coefficient (Wildman–Crippen LogP) is 2.65. The van der Waals surface area contributed by atoms with Crippen molar-refractivity contribution in [2.75, 3.05) is 5.32 Å². The first-order chi connectivity index (χ1) is 9.97. The van der Waals surface area contributed by atoms with Crippen LogP contribution in [-0.4, -0.2) is 27.9 Å². The molecule has 1 fully saturated rings. The summed E-state index contributed by atoms with van der Waals surface area (Å²) in [4.78, 5) is 20.0. The molecule has 0 saturated carbocycles. The normalized spacial score (nSPS) is 24.7. The fourth-order valence-corrected chi connectivity index (χ4v) is 2.83. The minimum atomic E-state index is -0.786. The van der Waals surface area contributed by atoms with E-state index >= 15 is 0 Å². The molecule has 6 nitrogen and oxygen atoms in total. The molecule has 2 aliphatic heterocycles. The minimum Gasteiger partial charge on any atom is -0.324 e. The van der Waals surface area contributed by atoms with Gasteiger partial charge >= 0.3 is 0 Å². The van der Waals surface area contributed by atoms with E-state index in [4.69, 9.17) is 5.41 Å². The Morgan fingerprint density at radius 1 is 1.29 bits per heavy atom. The Hall–Kier alpha value is -1.54. The monoisotopic (exact) mass is 411 g/mol. The van der Waals surface area contributed by atoms with Crippen molar-refractivity contribution in [1.29, 1.82) is 5.41 Å². The van der Waals surface area contributed by atoms with Gasteiger partial charge in [0.1, 0.15) is 16.0 Å². The average Bonchev–Trinajstić information content (AvgIpc) is 2.44. The molecule has 108 valence electrons. The van der Waals surface area contributed by atoms with Crippen LogP contribution in [0.5, 0.6) is 0 Å². The van der Waals surface area contributed by atoms with Crippen molar-refractivity contribution in [2.24, 2.45) is 9.98 Å². The van der Waals surface area contributed by atoms with E-state index in [9.17, 15) is 4.79 Å². The number of nitrogens with zero attached hydrogens (tertiary/aromatic N) is 2. The van der Waals surface area contributed by atoms with Crippen LogP contribution in [0.1, 0.15) is 12.8 Å². The molecule has 1 aromatic rings. The highest BCUT2D eigenvalue weighted by molar-refractivity contribution is 9.10. The number of benzene rings is 1. The number of amidine groups is 2. The van der Waals surface area contributed by atoms with Gasteiger partial charge in [0, 0.05) is 16.6 Å². The number of aliphatic imine (C=N–C) groups is 2. The number of nitrogens with one attached hydrogen (secondary N) is 3. The van der Waals surface area contributed by atoms with Crippen molar-refractivity contribution < 1.29 is 4.79 Å². The topological polar surface area (TPSA) is 89.7 Å². The molecule has 3 N–H and O–H groups in total. The van der Waals surface area contributed by atoms with Crippen LogP contribution < -0.4 is 10.6 Å². The Labute approximate surface area is 137 Å². The van der Waals surface area contributed by atoms with E-state index in [2.05, 4.69) is 52.5 Å². The number of guanidine groups is 1. The molecule has 0 spiro atoms. The van der Waals surface area contributed by atoms with Gasteiger partial charge in [-0.25, -0.2) is 0 Å². The molecule has 1 unspecified atom stereocenters. The summed E-state index contributed by atoms with van der Waals surface area (Å²) in [6.07, 6.45) is 0.823. The summed E-state index contributed by atoms with van der Waals surface area (Å²) in [7, 11) is 0. The molecule has 3 rings (SSSR count). The third-order valence-electron chi connectivity index (χ3n) is 3.24. The van der Waals surface area contributed by atoms with Crippen molar-refractivity contribution in [1.82, 2.24) is 5.32 Å². The van der Waals surface area contributed by atoms with Crippen molar-refractivity contribution in [2.45, 2.75) is 17.2 Å². The number of carbonyl (C=O) groups excluding carboxylic acids is 1. The number of fused-ring (bicyclic) bond motifs is 1. The number of piperidine rings is 1. The van der Waals surface area contributed by atoms with E-state index in [-0.39, 0.29) is 17.7 Å². The molecule has 1 saturated heterocycles. The van der Waals surface area contributed by atoms with Crippen molar-refractivity contribution in [3.8, 4) is 0 Å². The van der Waals surface area contributed by atoms with Gasteiger partial charge in [0.05, 0.1) is 0 Å². The molecular weight excluding hydrogens is 402 g/mol. The Kier molecular flexibility index (Phi) is 3.66. The number of rotatable bonds is 1. The highest BCUT2D eigenvalue weighted by Gasteiger charge is 2.45. The van der Waals surface area contributed by atoms with E-state index in [1.54, 1.807) is 0 Å². The molecule has 0 bridgehead atoms. The molecule has 8 heteroatoms. The smallest absolute Gasteiger partial charge is 0.230 e. The fourth-order valence-electron chi connectivity index (χ4n) is 2.09. The molecule has 1 amide bonds. The third-order valence-corrected chi connectivity index (χ3v) is 4.92. The number of carbonyl (C=O) groups is 1. The molecule has 1 aromatic carbocycles. The van der Waals surface area contributed by atoms with E-state index < -0.39 is 4.32 Å². The first-order valence-corrected chi connectivity index (χ1v) is 7.84. The molecule has 0 aromatic heterocycles. The second-order valence-corrected chi connectivity index (χ2v) is 7.00. The number of alkyl halides is 1. The molecule has 2 heterocycles. The SMILES string of the molecule is N=C1N=C(Nc2ccc(Br)cc2)N=C2NC(=O)CCC12Br.